The predicted octanol–water partition coefficient (Wildman–Crippen LogP) is 2.85. The van der Waals surface area contributed by atoms with Crippen molar-refractivity contribution in [1.29, 1.82) is 0 Å². The van der Waals surface area contributed by atoms with E-state index in [0.717, 1.165) is 28.0 Å². The van der Waals surface area contributed by atoms with Gasteiger partial charge in [0.05, 0.1) is 11.4 Å². The fraction of sp³-hybridized carbons (Fsp3) is 0.0588. The number of terminal acetylenes is 1. The van der Waals surface area contributed by atoms with E-state index < -0.39 is 0 Å². The molecule has 1 aromatic heterocycles. The van der Waals surface area contributed by atoms with Gasteiger partial charge in [0.25, 0.3) is 11.1 Å². The number of phenolic OH excluding ortho intramolecular Hbond substituents is 1. The number of phenols is 1. The minimum atomic E-state index is -0.378. The molecule has 5 nitrogen and oxygen atoms in total. The molecule has 114 valence electrons. The quantitative estimate of drug-likeness (QED) is 0.696. The minimum Gasteiger partial charge on any atom is -0.508 e. The van der Waals surface area contributed by atoms with Crippen molar-refractivity contribution < 1.29 is 14.7 Å². The van der Waals surface area contributed by atoms with Crippen LogP contribution >= 0.6 is 11.8 Å². The van der Waals surface area contributed by atoms with E-state index in [1.54, 1.807) is 30.3 Å². The van der Waals surface area contributed by atoms with Gasteiger partial charge in [0, 0.05) is 17.6 Å². The summed E-state index contributed by atoms with van der Waals surface area (Å²) in [5.41, 5.74) is 1.59. The molecule has 1 N–H and O–H groups in total. The Hall–Kier alpha value is -2.91. The van der Waals surface area contributed by atoms with Crippen molar-refractivity contribution in [3.63, 3.8) is 0 Å². The third-order valence-electron chi connectivity index (χ3n) is 3.31. The van der Waals surface area contributed by atoms with Crippen molar-refractivity contribution in [2.24, 2.45) is 0 Å². The first kappa shape index (κ1) is 15.0. The third-order valence-corrected chi connectivity index (χ3v) is 4.22. The number of carbonyl (C=O) groups is 2. The van der Waals surface area contributed by atoms with Crippen LogP contribution < -0.4 is 0 Å². The van der Waals surface area contributed by atoms with Crippen LogP contribution in [0.3, 0.4) is 0 Å². The topological polar surface area (TPSA) is 62.5 Å². The van der Waals surface area contributed by atoms with E-state index in [2.05, 4.69) is 5.92 Å². The maximum atomic E-state index is 12.2. The number of thioether (sulfide) groups is 1. The van der Waals surface area contributed by atoms with Gasteiger partial charge in [-0.3, -0.25) is 14.5 Å². The number of benzene rings is 1. The van der Waals surface area contributed by atoms with Crippen molar-refractivity contribution in [3.05, 3.63) is 53.2 Å². The molecule has 2 amide bonds. The second kappa shape index (κ2) is 6.07. The number of imide groups is 1. The maximum Gasteiger partial charge on any atom is 0.294 e. The summed E-state index contributed by atoms with van der Waals surface area (Å²) in [7, 11) is 0. The summed E-state index contributed by atoms with van der Waals surface area (Å²) in [6.07, 6.45) is 8.68. The smallest absolute Gasteiger partial charge is 0.294 e. The van der Waals surface area contributed by atoms with E-state index in [0.29, 0.717) is 4.91 Å². The molecule has 1 saturated heterocycles. The number of aromatic nitrogens is 1. The number of hydrogen-bond acceptors (Lipinski definition) is 4. The van der Waals surface area contributed by atoms with Gasteiger partial charge in [-0.2, -0.15) is 0 Å². The van der Waals surface area contributed by atoms with Gasteiger partial charge in [-0.1, -0.05) is 5.92 Å². The molecule has 3 rings (SSSR count). The summed E-state index contributed by atoms with van der Waals surface area (Å²) in [5.74, 6) is 2.11. The zero-order valence-corrected chi connectivity index (χ0v) is 12.8. The molecule has 0 radical (unpaired) electrons. The van der Waals surface area contributed by atoms with Crippen LogP contribution in [-0.2, 0) is 4.79 Å². The highest BCUT2D eigenvalue weighted by Crippen LogP contribution is 2.32. The highest BCUT2D eigenvalue weighted by atomic mass is 32.2. The summed E-state index contributed by atoms with van der Waals surface area (Å²) >= 11 is 0.876. The van der Waals surface area contributed by atoms with Crippen molar-refractivity contribution in [3.8, 4) is 23.8 Å². The summed E-state index contributed by atoms with van der Waals surface area (Å²) in [4.78, 5) is 25.4. The molecule has 1 aliphatic rings. The molecule has 0 bridgehead atoms. The van der Waals surface area contributed by atoms with Crippen molar-refractivity contribution in [2.75, 3.05) is 6.54 Å². The van der Waals surface area contributed by atoms with Crippen LogP contribution in [0.4, 0.5) is 4.79 Å². The molecule has 0 saturated carbocycles. The molecular weight excluding hydrogens is 312 g/mol. The molecule has 0 aliphatic carbocycles. The van der Waals surface area contributed by atoms with Gasteiger partial charge in [-0.05, 0) is 54.2 Å². The van der Waals surface area contributed by atoms with Gasteiger partial charge in [0.2, 0.25) is 0 Å². The summed E-state index contributed by atoms with van der Waals surface area (Å²) in [6.45, 7) is -0.0268. The van der Waals surface area contributed by atoms with Gasteiger partial charge in [0.1, 0.15) is 5.75 Å². The van der Waals surface area contributed by atoms with Crippen LogP contribution in [0.25, 0.3) is 11.8 Å². The maximum absolute atomic E-state index is 12.2. The third kappa shape index (κ3) is 2.87. The molecule has 2 aromatic rings. The summed E-state index contributed by atoms with van der Waals surface area (Å²) in [6, 6.07) is 10.4. The van der Waals surface area contributed by atoms with E-state index in [9.17, 15) is 14.7 Å². The lowest BCUT2D eigenvalue weighted by atomic mass is 10.3. The average Bonchev–Trinajstić information content (AvgIpc) is 3.09. The Kier molecular flexibility index (Phi) is 3.96. The van der Waals surface area contributed by atoms with E-state index in [1.165, 1.54) is 0 Å². The molecule has 0 spiro atoms. The first-order chi connectivity index (χ1) is 11.1. The second-order valence-corrected chi connectivity index (χ2v) is 5.78. The lowest BCUT2D eigenvalue weighted by molar-refractivity contribution is -0.122. The van der Waals surface area contributed by atoms with Gasteiger partial charge in [-0.25, -0.2) is 0 Å². The zero-order chi connectivity index (χ0) is 16.4. The normalized spacial score (nSPS) is 16.1. The summed E-state index contributed by atoms with van der Waals surface area (Å²) in [5, 5.41) is 9.01. The number of carbonyl (C=O) groups excluding carboxylic acids is 2. The molecule has 0 atom stereocenters. The number of rotatable bonds is 3. The van der Waals surface area contributed by atoms with E-state index >= 15 is 0 Å². The Balaban J connectivity index is 1.94. The number of aromatic hydroxyl groups is 1. The SMILES string of the molecule is C#CCN1C(=O)SC(=Cc2cccn2-c2ccc(O)cc2)C1=O. The first-order valence-electron chi connectivity index (χ1n) is 6.76. The zero-order valence-electron chi connectivity index (χ0n) is 12.0. The fourth-order valence-electron chi connectivity index (χ4n) is 2.22. The van der Waals surface area contributed by atoms with E-state index in [4.69, 9.17) is 6.42 Å². The molecule has 1 aromatic carbocycles. The molecule has 23 heavy (non-hydrogen) atoms. The predicted molar refractivity (Wildman–Crippen MR) is 88.9 cm³/mol. The van der Waals surface area contributed by atoms with Crippen LogP contribution in [-0.4, -0.2) is 32.3 Å². The van der Waals surface area contributed by atoms with E-state index in [1.807, 2.05) is 22.9 Å². The summed E-state index contributed by atoms with van der Waals surface area (Å²) < 4.78 is 1.86. The van der Waals surface area contributed by atoms with Gasteiger partial charge in [0.15, 0.2) is 0 Å². The van der Waals surface area contributed by atoms with Crippen molar-refractivity contribution >= 4 is 29.0 Å². The van der Waals surface area contributed by atoms with Crippen LogP contribution in [0.2, 0.25) is 0 Å². The standard InChI is InChI=1S/C17H12N2O3S/c1-2-9-19-16(21)15(23-17(19)22)11-13-4-3-10-18(13)12-5-7-14(20)8-6-12/h1,3-8,10-11,20H,9H2. The Morgan fingerprint density at radius 2 is 1.96 bits per heavy atom. The molecule has 1 fully saturated rings. The van der Waals surface area contributed by atoms with Gasteiger partial charge < -0.3 is 9.67 Å². The lowest BCUT2D eigenvalue weighted by Crippen LogP contribution is -2.28. The molecule has 6 heteroatoms. The van der Waals surface area contributed by atoms with Crippen LogP contribution in [0.15, 0.2) is 47.5 Å². The molecular formula is C17H12N2O3S. The average molecular weight is 324 g/mol. The Morgan fingerprint density at radius 3 is 2.65 bits per heavy atom. The highest BCUT2D eigenvalue weighted by molar-refractivity contribution is 8.18. The molecule has 0 unspecified atom stereocenters. The van der Waals surface area contributed by atoms with Gasteiger partial charge in [-0.15, -0.1) is 6.42 Å². The number of hydrogen-bond donors (Lipinski definition) is 1. The Bertz CT molecular complexity index is 843. The Morgan fingerprint density at radius 1 is 1.22 bits per heavy atom. The largest absolute Gasteiger partial charge is 0.508 e. The van der Waals surface area contributed by atoms with Crippen LogP contribution in [0, 0.1) is 12.3 Å². The second-order valence-electron chi connectivity index (χ2n) is 4.79. The van der Waals surface area contributed by atoms with Crippen molar-refractivity contribution in [2.45, 2.75) is 0 Å². The number of amides is 2. The van der Waals surface area contributed by atoms with Crippen LogP contribution in [0.1, 0.15) is 5.69 Å². The minimum absolute atomic E-state index is 0.0268. The highest BCUT2D eigenvalue weighted by Gasteiger charge is 2.34. The monoisotopic (exact) mass is 324 g/mol. The van der Waals surface area contributed by atoms with Crippen molar-refractivity contribution in [1.82, 2.24) is 9.47 Å². The lowest BCUT2D eigenvalue weighted by Gasteiger charge is -2.08. The van der Waals surface area contributed by atoms with Crippen LogP contribution in [0.5, 0.6) is 5.75 Å². The van der Waals surface area contributed by atoms with E-state index in [-0.39, 0.29) is 23.4 Å². The number of nitrogens with zero attached hydrogens (tertiary/aromatic N) is 2. The fourth-order valence-corrected chi connectivity index (χ4v) is 3.04. The first-order valence-corrected chi connectivity index (χ1v) is 7.57. The molecule has 1 aliphatic heterocycles. The Labute approximate surface area is 137 Å². The van der Waals surface area contributed by atoms with Gasteiger partial charge >= 0.3 is 0 Å². The molecule has 2 heterocycles.